The summed E-state index contributed by atoms with van der Waals surface area (Å²) in [6.45, 7) is 4.90. The predicted octanol–water partition coefficient (Wildman–Crippen LogP) is 2.37. The van der Waals surface area contributed by atoms with Crippen LogP contribution in [-0.4, -0.2) is 22.3 Å². The average molecular weight is 264 g/mol. The predicted molar refractivity (Wildman–Crippen MR) is 75.7 cm³/mol. The zero-order valence-corrected chi connectivity index (χ0v) is 12.0. The van der Waals surface area contributed by atoms with Crippen LogP contribution in [0.25, 0.3) is 0 Å². The molecule has 0 amide bonds. The third-order valence-corrected chi connectivity index (χ3v) is 4.45. The number of rotatable bonds is 6. The minimum Gasteiger partial charge on any atom is -0.310 e. The molecule has 1 rings (SSSR count). The Morgan fingerprint density at radius 1 is 1.44 bits per heavy atom. The van der Waals surface area contributed by atoms with Crippen molar-refractivity contribution < 1.29 is 4.21 Å². The van der Waals surface area contributed by atoms with Crippen molar-refractivity contribution in [3.8, 4) is 6.07 Å². The van der Waals surface area contributed by atoms with E-state index in [0.717, 1.165) is 18.5 Å². The van der Waals surface area contributed by atoms with Gasteiger partial charge >= 0.3 is 0 Å². The van der Waals surface area contributed by atoms with Gasteiger partial charge in [-0.3, -0.25) is 4.21 Å². The lowest BCUT2D eigenvalue weighted by Gasteiger charge is -2.16. The molecule has 0 aliphatic carbocycles. The van der Waals surface area contributed by atoms with Crippen molar-refractivity contribution in [3.05, 3.63) is 35.4 Å². The fraction of sp³-hybridized carbons (Fsp3) is 0.500. The lowest BCUT2D eigenvalue weighted by Crippen LogP contribution is -2.24. The molecule has 0 spiro atoms. The highest BCUT2D eigenvalue weighted by atomic mass is 32.2. The first-order valence-electron chi connectivity index (χ1n) is 6.10. The first kappa shape index (κ1) is 14.9. The number of nitrogens with one attached hydrogen (secondary N) is 1. The SMILES string of the molecule is CC(NCCC(C)S(C)=O)c1cccc(C#N)c1. The van der Waals surface area contributed by atoms with Crippen molar-refractivity contribution in [1.29, 1.82) is 5.26 Å². The highest BCUT2D eigenvalue weighted by Crippen LogP contribution is 2.13. The molecular weight excluding hydrogens is 244 g/mol. The molecule has 0 fully saturated rings. The summed E-state index contributed by atoms with van der Waals surface area (Å²) in [4.78, 5) is 0. The van der Waals surface area contributed by atoms with Crippen LogP contribution >= 0.6 is 0 Å². The van der Waals surface area contributed by atoms with Crippen molar-refractivity contribution in [2.24, 2.45) is 0 Å². The van der Waals surface area contributed by atoms with E-state index in [4.69, 9.17) is 5.26 Å². The van der Waals surface area contributed by atoms with Gasteiger partial charge in [0.2, 0.25) is 0 Å². The third kappa shape index (κ3) is 4.59. The molecule has 0 radical (unpaired) electrons. The lowest BCUT2D eigenvalue weighted by molar-refractivity contribution is 0.554. The summed E-state index contributed by atoms with van der Waals surface area (Å²) in [5.74, 6) is 0. The standard InChI is InChI=1S/C14H20N2OS/c1-11(18(3)17)7-8-16-12(2)14-6-4-5-13(9-14)10-15/h4-6,9,11-12,16H,7-8H2,1-3H3. The Morgan fingerprint density at radius 2 is 2.17 bits per heavy atom. The van der Waals surface area contributed by atoms with Crippen LogP contribution in [0.5, 0.6) is 0 Å². The average Bonchev–Trinajstić information content (AvgIpc) is 2.38. The van der Waals surface area contributed by atoms with Gasteiger partial charge in [0.1, 0.15) is 0 Å². The first-order valence-corrected chi connectivity index (χ1v) is 7.72. The molecule has 98 valence electrons. The van der Waals surface area contributed by atoms with Gasteiger partial charge in [-0.25, -0.2) is 0 Å². The van der Waals surface area contributed by atoms with Crippen molar-refractivity contribution in [2.45, 2.75) is 31.6 Å². The van der Waals surface area contributed by atoms with Gasteiger partial charge in [-0.15, -0.1) is 0 Å². The fourth-order valence-corrected chi connectivity index (χ4v) is 2.11. The van der Waals surface area contributed by atoms with Crippen LogP contribution in [0.2, 0.25) is 0 Å². The Kier molecular flexibility index (Phi) is 6.03. The molecule has 0 bridgehead atoms. The minimum atomic E-state index is -0.758. The van der Waals surface area contributed by atoms with Crippen molar-refractivity contribution in [3.63, 3.8) is 0 Å². The van der Waals surface area contributed by atoms with Crippen LogP contribution in [-0.2, 0) is 10.8 Å². The van der Waals surface area contributed by atoms with Gasteiger partial charge in [0.15, 0.2) is 0 Å². The Balaban J connectivity index is 2.48. The molecule has 1 aromatic rings. The van der Waals surface area contributed by atoms with Crippen LogP contribution in [0.4, 0.5) is 0 Å². The summed E-state index contributed by atoms with van der Waals surface area (Å²) in [5.41, 5.74) is 1.79. The second-order valence-corrected chi connectivity index (χ2v) is 6.31. The topological polar surface area (TPSA) is 52.9 Å². The molecule has 3 nitrogen and oxygen atoms in total. The van der Waals surface area contributed by atoms with Gasteiger partial charge in [-0.05, 0) is 37.6 Å². The Morgan fingerprint density at radius 3 is 2.78 bits per heavy atom. The highest BCUT2D eigenvalue weighted by Gasteiger charge is 2.08. The zero-order valence-electron chi connectivity index (χ0n) is 11.1. The van der Waals surface area contributed by atoms with E-state index in [-0.39, 0.29) is 11.3 Å². The normalized spacial score (nSPS) is 15.7. The van der Waals surface area contributed by atoms with Gasteiger partial charge in [0.25, 0.3) is 0 Å². The monoisotopic (exact) mass is 264 g/mol. The molecule has 0 aliphatic heterocycles. The first-order chi connectivity index (χ1) is 8.54. The largest absolute Gasteiger partial charge is 0.310 e. The molecule has 0 aliphatic rings. The lowest BCUT2D eigenvalue weighted by atomic mass is 10.1. The smallest absolute Gasteiger partial charge is 0.0991 e. The number of hydrogen-bond donors (Lipinski definition) is 1. The van der Waals surface area contributed by atoms with E-state index in [1.54, 1.807) is 12.3 Å². The molecule has 1 aromatic carbocycles. The van der Waals surface area contributed by atoms with Gasteiger partial charge < -0.3 is 5.32 Å². The van der Waals surface area contributed by atoms with Crippen molar-refractivity contribution in [1.82, 2.24) is 5.32 Å². The molecular formula is C14H20N2OS. The van der Waals surface area contributed by atoms with Crippen LogP contribution in [0.3, 0.4) is 0 Å². The van der Waals surface area contributed by atoms with E-state index in [2.05, 4.69) is 18.3 Å². The summed E-state index contributed by atoms with van der Waals surface area (Å²) in [6.07, 6.45) is 2.63. The summed E-state index contributed by atoms with van der Waals surface area (Å²) in [7, 11) is -0.758. The maximum atomic E-state index is 11.2. The van der Waals surface area contributed by atoms with Gasteiger partial charge in [-0.2, -0.15) is 5.26 Å². The molecule has 0 heterocycles. The third-order valence-electron chi connectivity index (χ3n) is 3.08. The molecule has 0 saturated heterocycles. The second kappa shape index (κ2) is 7.30. The molecule has 0 saturated carbocycles. The number of nitriles is 1. The molecule has 0 aromatic heterocycles. The van der Waals surface area contributed by atoms with E-state index in [9.17, 15) is 4.21 Å². The summed E-state index contributed by atoms with van der Waals surface area (Å²) in [6, 6.07) is 9.97. The minimum absolute atomic E-state index is 0.204. The van der Waals surface area contributed by atoms with Crippen LogP contribution in [0, 0.1) is 11.3 Å². The van der Waals surface area contributed by atoms with Crippen molar-refractivity contribution >= 4 is 10.8 Å². The van der Waals surface area contributed by atoms with E-state index in [1.165, 1.54) is 0 Å². The van der Waals surface area contributed by atoms with Crippen LogP contribution in [0.15, 0.2) is 24.3 Å². The number of hydrogen-bond acceptors (Lipinski definition) is 3. The van der Waals surface area contributed by atoms with E-state index in [0.29, 0.717) is 5.56 Å². The van der Waals surface area contributed by atoms with Crippen LogP contribution < -0.4 is 5.32 Å². The van der Waals surface area contributed by atoms with E-state index < -0.39 is 10.8 Å². The molecule has 1 N–H and O–H groups in total. The van der Waals surface area contributed by atoms with Gasteiger partial charge in [0, 0.05) is 28.3 Å². The molecule has 4 heteroatoms. The van der Waals surface area contributed by atoms with Crippen molar-refractivity contribution in [2.75, 3.05) is 12.8 Å². The maximum Gasteiger partial charge on any atom is 0.0991 e. The second-order valence-electron chi connectivity index (χ2n) is 4.51. The van der Waals surface area contributed by atoms with Gasteiger partial charge in [0.05, 0.1) is 11.6 Å². The Bertz CT molecular complexity index is 453. The Hall–Kier alpha value is -1.18. The summed E-state index contributed by atoms with van der Waals surface area (Å²) in [5, 5.41) is 12.5. The Labute approximate surface area is 112 Å². The number of benzene rings is 1. The quantitative estimate of drug-likeness (QED) is 0.858. The van der Waals surface area contributed by atoms with E-state index in [1.807, 2.05) is 25.1 Å². The van der Waals surface area contributed by atoms with Crippen LogP contribution in [0.1, 0.15) is 37.4 Å². The van der Waals surface area contributed by atoms with Gasteiger partial charge in [-0.1, -0.05) is 19.1 Å². The summed E-state index contributed by atoms with van der Waals surface area (Å²) < 4.78 is 11.2. The number of nitrogens with zero attached hydrogens (tertiary/aromatic N) is 1. The molecule has 18 heavy (non-hydrogen) atoms. The zero-order chi connectivity index (χ0) is 13.5. The van der Waals surface area contributed by atoms with E-state index >= 15 is 0 Å². The maximum absolute atomic E-state index is 11.2. The highest BCUT2D eigenvalue weighted by molar-refractivity contribution is 7.84. The summed E-state index contributed by atoms with van der Waals surface area (Å²) >= 11 is 0. The fourth-order valence-electron chi connectivity index (χ4n) is 1.66. The molecule has 3 unspecified atom stereocenters. The molecule has 3 atom stereocenters.